The highest BCUT2D eigenvalue weighted by molar-refractivity contribution is 5.94. The first-order valence-corrected chi connectivity index (χ1v) is 6.47. The van der Waals surface area contributed by atoms with Crippen LogP contribution in [0.25, 0.3) is 0 Å². The van der Waals surface area contributed by atoms with Crippen LogP contribution >= 0.6 is 0 Å². The van der Waals surface area contributed by atoms with Crippen molar-refractivity contribution < 1.29 is 9.53 Å². The van der Waals surface area contributed by atoms with Gasteiger partial charge in [-0.05, 0) is 24.6 Å². The highest BCUT2D eigenvalue weighted by atomic mass is 16.5. The third kappa shape index (κ3) is 3.83. The van der Waals surface area contributed by atoms with E-state index in [4.69, 9.17) is 10.5 Å². The van der Waals surface area contributed by atoms with E-state index in [-0.39, 0.29) is 18.6 Å². The number of ether oxygens (including phenoxy) is 1. The smallest absolute Gasteiger partial charge is 0.250 e. The number of nitrogen functional groups attached to an aromatic ring is 1. The van der Waals surface area contributed by atoms with Crippen molar-refractivity contribution in [3.8, 4) is 0 Å². The molecule has 0 aliphatic rings. The maximum atomic E-state index is 11.8. The van der Waals surface area contributed by atoms with Gasteiger partial charge in [-0.1, -0.05) is 42.5 Å². The van der Waals surface area contributed by atoms with Crippen LogP contribution in [0.1, 0.15) is 18.6 Å². The molecule has 2 rings (SSSR count). The summed E-state index contributed by atoms with van der Waals surface area (Å²) in [5.74, 6) is -0.217. The van der Waals surface area contributed by atoms with E-state index in [1.165, 1.54) is 0 Å². The van der Waals surface area contributed by atoms with Crippen molar-refractivity contribution in [1.29, 1.82) is 0 Å². The molecule has 4 heteroatoms. The summed E-state index contributed by atoms with van der Waals surface area (Å²) in [4.78, 5) is 11.8. The summed E-state index contributed by atoms with van der Waals surface area (Å²) < 4.78 is 5.55. The summed E-state index contributed by atoms with van der Waals surface area (Å²) in [6.45, 7) is 1.91. The predicted octanol–water partition coefficient (Wildman–Crippen LogP) is 2.99. The summed E-state index contributed by atoms with van der Waals surface area (Å²) >= 11 is 0. The standard InChI is InChI=1S/C16H18N2O2/c1-12(13-7-3-2-4-8-13)20-11-16(19)18-15-10-6-5-9-14(15)17/h2-10,12H,11,17H2,1H3,(H,18,19). The maximum Gasteiger partial charge on any atom is 0.250 e. The molecule has 2 aromatic rings. The van der Waals surface area contributed by atoms with Gasteiger partial charge in [0, 0.05) is 0 Å². The number of benzene rings is 2. The van der Waals surface area contributed by atoms with Crippen LogP contribution in [-0.2, 0) is 9.53 Å². The molecule has 1 amide bonds. The summed E-state index contributed by atoms with van der Waals surface area (Å²) in [5.41, 5.74) is 7.95. The lowest BCUT2D eigenvalue weighted by atomic mass is 10.1. The van der Waals surface area contributed by atoms with Crippen LogP contribution in [-0.4, -0.2) is 12.5 Å². The number of carbonyl (C=O) groups excluding carboxylic acids is 1. The Hall–Kier alpha value is -2.33. The molecule has 20 heavy (non-hydrogen) atoms. The molecule has 0 aromatic heterocycles. The van der Waals surface area contributed by atoms with E-state index in [0.29, 0.717) is 11.4 Å². The van der Waals surface area contributed by atoms with Crippen molar-refractivity contribution >= 4 is 17.3 Å². The quantitative estimate of drug-likeness (QED) is 0.821. The molecular formula is C16H18N2O2. The number of amides is 1. The fraction of sp³-hybridized carbons (Fsp3) is 0.188. The highest BCUT2D eigenvalue weighted by Gasteiger charge is 2.09. The van der Waals surface area contributed by atoms with Crippen LogP contribution in [0.5, 0.6) is 0 Å². The van der Waals surface area contributed by atoms with E-state index in [1.807, 2.05) is 49.4 Å². The molecule has 1 atom stereocenters. The van der Waals surface area contributed by atoms with Gasteiger partial charge in [-0.25, -0.2) is 0 Å². The van der Waals surface area contributed by atoms with Gasteiger partial charge in [-0.2, -0.15) is 0 Å². The summed E-state index contributed by atoms with van der Waals surface area (Å²) in [5, 5.41) is 2.73. The number of para-hydroxylation sites is 2. The SMILES string of the molecule is CC(OCC(=O)Nc1ccccc1N)c1ccccc1. The van der Waals surface area contributed by atoms with Gasteiger partial charge in [-0.15, -0.1) is 0 Å². The lowest BCUT2D eigenvalue weighted by molar-refractivity contribution is -0.122. The Morgan fingerprint density at radius 1 is 1.15 bits per heavy atom. The Kier molecular flexibility index (Phi) is 4.74. The van der Waals surface area contributed by atoms with Crippen molar-refractivity contribution in [1.82, 2.24) is 0 Å². The van der Waals surface area contributed by atoms with Crippen molar-refractivity contribution in [2.45, 2.75) is 13.0 Å². The molecule has 3 N–H and O–H groups in total. The van der Waals surface area contributed by atoms with Crippen LogP contribution in [0, 0.1) is 0 Å². The molecule has 0 bridgehead atoms. The Morgan fingerprint density at radius 3 is 2.50 bits per heavy atom. The average Bonchev–Trinajstić information content (AvgIpc) is 2.48. The first kappa shape index (κ1) is 14.1. The van der Waals surface area contributed by atoms with Crippen LogP contribution < -0.4 is 11.1 Å². The van der Waals surface area contributed by atoms with E-state index >= 15 is 0 Å². The minimum absolute atomic E-state index is 0.00953. The number of carbonyl (C=O) groups is 1. The van der Waals surface area contributed by atoms with Gasteiger partial charge in [0.2, 0.25) is 5.91 Å². The van der Waals surface area contributed by atoms with Crippen molar-refractivity contribution in [2.75, 3.05) is 17.7 Å². The summed E-state index contributed by atoms with van der Waals surface area (Å²) in [7, 11) is 0. The second-order valence-electron chi connectivity index (χ2n) is 4.50. The number of nitrogens with one attached hydrogen (secondary N) is 1. The van der Waals surface area contributed by atoms with E-state index in [1.54, 1.807) is 12.1 Å². The summed E-state index contributed by atoms with van der Waals surface area (Å²) in [6.07, 6.45) is -0.130. The zero-order valence-electron chi connectivity index (χ0n) is 11.4. The fourth-order valence-corrected chi connectivity index (χ4v) is 1.82. The molecule has 0 heterocycles. The first-order chi connectivity index (χ1) is 9.66. The van der Waals surface area contributed by atoms with Crippen molar-refractivity contribution in [2.24, 2.45) is 0 Å². The highest BCUT2D eigenvalue weighted by Crippen LogP contribution is 2.18. The van der Waals surface area contributed by atoms with Gasteiger partial charge in [-0.3, -0.25) is 4.79 Å². The average molecular weight is 270 g/mol. The Labute approximate surface area is 118 Å². The number of rotatable bonds is 5. The van der Waals surface area contributed by atoms with Crippen molar-refractivity contribution in [3.63, 3.8) is 0 Å². The second-order valence-corrected chi connectivity index (χ2v) is 4.50. The Morgan fingerprint density at radius 2 is 1.80 bits per heavy atom. The largest absolute Gasteiger partial charge is 0.397 e. The molecule has 1 unspecified atom stereocenters. The van der Waals surface area contributed by atoms with Crippen molar-refractivity contribution in [3.05, 3.63) is 60.2 Å². The zero-order chi connectivity index (χ0) is 14.4. The topological polar surface area (TPSA) is 64.3 Å². The van der Waals surface area contributed by atoms with Crippen LogP contribution in [0.4, 0.5) is 11.4 Å². The number of hydrogen-bond acceptors (Lipinski definition) is 3. The number of hydrogen-bond donors (Lipinski definition) is 2. The van der Waals surface area contributed by atoms with Crippen LogP contribution in [0.2, 0.25) is 0 Å². The molecule has 4 nitrogen and oxygen atoms in total. The molecule has 2 aromatic carbocycles. The minimum atomic E-state index is -0.217. The minimum Gasteiger partial charge on any atom is -0.397 e. The second kappa shape index (κ2) is 6.73. The van der Waals surface area contributed by atoms with Gasteiger partial charge in [0.25, 0.3) is 0 Å². The molecule has 0 aliphatic heterocycles. The monoisotopic (exact) mass is 270 g/mol. The van der Waals surface area contributed by atoms with E-state index in [9.17, 15) is 4.79 Å². The zero-order valence-corrected chi connectivity index (χ0v) is 11.4. The lowest BCUT2D eigenvalue weighted by Crippen LogP contribution is -2.20. The normalized spacial score (nSPS) is 11.8. The molecular weight excluding hydrogens is 252 g/mol. The van der Waals surface area contributed by atoms with Gasteiger partial charge < -0.3 is 15.8 Å². The molecule has 0 radical (unpaired) electrons. The van der Waals surface area contributed by atoms with Gasteiger partial charge in [0.05, 0.1) is 17.5 Å². The maximum absolute atomic E-state index is 11.8. The van der Waals surface area contributed by atoms with Gasteiger partial charge in [0.1, 0.15) is 6.61 Å². The van der Waals surface area contributed by atoms with E-state index in [2.05, 4.69) is 5.32 Å². The third-order valence-corrected chi connectivity index (χ3v) is 2.97. The number of anilines is 2. The molecule has 0 fully saturated rings. The van der Waals surface area contributed by atoms with Crippen LogP contribution in [0.15, 0.2) is 54.6 Å². The summed E-state index contributed by atoms with van der Waals surface area (Å²) in [6, 6.07) is 16.9. The molecule has 104 valence electrons. The molecule has 0 aliphatic carbocycles. The molecule has 0 saturated carbocycles. The Balaban J connectivity index is 1.85. The molecule has 0 saturated heterocycles. The van der Waals surface area contributed by atoms with E-state index in [0.717, 1.165) is 5.56 Å². The van der Waals surface area contributed by atoms with Gasteiger partial charge >= 0.3 is 0 Å². The fourth-order valence-electron chi connectivity index (χ4n) is 1.82. The Bertz CT molecular complexity index is 570. The lowest BCUT2D eigenvalue weighted by Gasteiger charge is -2.13. The van der Waals surface area contributed by atoms with Gasteiger partial charge in [0.15, 0.2) is 0 Å². The van der Waals surface area contributed by atoms with E-state index < -0.39 is 0 Å². The number of nitrogens with two attached hydrogens (primary N) is 1. The predicted molar refractivity (Wildman–Crippen MR) is 80.3 cm³/mol. The van der Waals surface area contributed by atoms with Crippen LogP contribution in [0.3, 0.4) is 0 Å². The third-order valence-electron chi connectivity index (χ3n) is 2.97. The first-order valence-electron chi connectivity index (χ1n) is 6.47. The molecule has 0 spiro atoms.